The number of ether oxygens (including phenoxy) is 2. The number of benzene rings is 2. The van der Waals surface area contributed by atoms with Gasteiger partial charge in [0.15, 0.2) is 5.13 Å². The molecule has 0 bridgehead atoms. The fourth-order valence-corrected chi connectivity index (χ4v) is 3.18. The van der Waals surface area contributed by atoms with Crippen LogP contribution in [0.2, 0.25) is 5.02 Å². The topological polar surface area (TPSA) is 74.4 Å². The van der Waals surface area contributed by atoms with Crippen LogP contribution in [0.4, 0.5) is 5.13 Å². The second kappa shape index (κ2) is 8.21. The van der Waals surface area contributed by atoms with Gasteiger partial charge >= 0.3 is 5.97 Å². The van der Waals surface area contributed by atoms with Gasteiger partial charge in [-0.25, -0.2) is 9.78 Å². The number of nitrogen functional groups attached to an aromatic ring is 1. The molecular formula is C19H17ClN2O3S. The van der Waals surface area contributed by atoms with E-state index in [2.05, 4.69) is 4.98 Å². The van der Waals surface area contributed by atoms with Crippen molar-refractivity contribution in [3.8, 4) is 17.0 Å². The van der Waals surface area contributed by atoms with Gasteiger partial charge in [-0.05, 0) is 42.8 Å². The molecule has 0 atom stereocenters. The Morgan fingerprint density at radius 3 is 2.81 bits per heavy atom. The highest BCUT2D eigenvalue weighted by molar-refractivity contribution is 7.13. The Kier molecular flexibility index (Phi) is 5.75. The number of carbonyl (C=O) groups excluding carboxylic acids is 1. The quantitative estimate of drug-likeness (QED) is 0.614. The van der Waals surface area contributed by atoms with Gasteiger partial charge in [-0.3, -0.25) is 0 Å². The summed E-state index contributed by atoms with van der Waals surface area (Å²) < 4.78 is 11.0. The third-order valence-electron chi connectivity index (χ3n) is 3.58. The number of anilines is 1. The number of carbonyl (C=O) groups is 1. The minimum absolute atomic E-state index is 0.278. The van der Waals surface area contributed by atoms with Crippen molar-refractivity contribution in [3.63, 3.8) is 0 Å². The number of halogens is 1. The molecule has 0 fully saturated rings. The summed E-state index contributed by atoms with van der Waals surface area (Å²) in [6, 6.07) is 12.7. The number of aromatic nitrogens is 1. The predicted molar refractivity (Wildman–Crippen MR) is 104 cm³/mol. The largest absolute Gasteiger partial charge is 0.488 e. The van der Waals surface area contributed by atoms with Crippen LogP contribution < -0.4 is 10.5 Å². The molecule has 5 nitrogen and oxygen atoms in total. The minimum atomic E-state index is -0.446. The standard InChI is InChI=1S/C19H17ClN2O3S/c1-2-24-18(23)15-9-13(16-11-26-19(21)22-16)6-7-17(15)25-10-12-4-3-5-14(20)8-12/h3-9,11H,2,10H2,1H3,(H2,21,22). The fourth-order valence-electron chi connectivity index (χ4n) is 2.39. The van der Waals surface area contributed by atoms with Gasteiger partial charge in [0.2, 0.25) is 0 Å². The van der Waals surface area contributed by atoms with E-state index in [1.165, 1.54) is 11.3 Å². The van der Waals surface area contributed by atoms with Gasteiger partial charge < -0.3 is 15.2 Å². The zero-order valence-electron chi connectivity index (χ0n) is 14.1. The molecule has 1 aromatic heterocycles. The predicted octanol–water partition coefficient (Wildman–Crippen LogP) is 4.80. The average Bonchev–Trinajstić information content (AvgIpc) is 3.06. The highest BCUT2D eigenvalue weighted by Gasteiger charge is 2.16. The number of hydrogen-bond donors (Lipinski definition) is 1. The van der Waals surface area contributed by atoms with Crippen LogP contribution in [-0.2, 0) is 11.3 Å². The zero-order chi connectivity index (χ0) is 18.5. The van der Waals surface area contributed by atoms with Crippen LogP contribution in [0.1, 0.15) is 22.8 Å². The van der Waals surface area contributed by atoms with Gasteiger partial charge in [0.05, 0.1) is 12.3 Å². The van der Waals surface area contributed by atoms with Crippen molar-refractivity contribution in [3.05, 3.63) is 64.0 Å². The summed E-state index contributed by atoms with van der Waals surface area (Å²) in [6.07, 6.45) is 0. The van der Waals surface area contributed by atoms with E-state index in [0.29, 0.717) is 27.2 Å². The first-order chi connectivity index (χ1) is 12.6. The Balaban J connectivity index is 1.89. The maximum Gasteiger partial charge on any atom is 0.341 e. The van der Waals surface area contributed by atoms with Crippen molar-refractivity contribution in [2.45, 2.75) is 13.5 Å². The summed E-state index contributed by atoms with van der Waals surface area (Å²) in [7, 11) is 0. The number of nitrogens with two attached hydrogens (primary N) is 1. The van der Waals surface area contributed by atoms with Gasteiger partial charge in [0.1, 0.15) is 17.9 Å². The normalized spacial score (nSPS) is 10.5. The molecule has 0 radical (unpaired) electrons. The lowest BCUT2D eigenvalue weighted by atomic mass is 10.1. The van der Waals surface area contributed by atoms with Gasteiger partial charge in [-0.2, -0.15) is 0 Å². The van der Waals surface area contributed by atoms with E-state index in [1.807, 2.05) is 29.6 Å². The highest BCUT2D eigenvalue weighted by Crippen LogP contribution is 2.29. The van der Waals surface area contributed by atoms with Crippen molar-refractivity contribution < 1.29 is 14.3 Å². The maximum absolute atomic E-state index is 12.4. The molecule has 0 spiro atoms. The van der Waals surface area contributed by atoms with Crippen molar-refractivity contribution in [1.29, 1.82) is 0 Å². The molecule has 0 aliphatic heterocycles. The lowest BCUT2D eigenvalue weighted by Gasteiger charge is -2.12. The summed E-state index contributed by atoms with van der Waals surface area (Å²) in [4.78, 5) is 16.6. The van der Waals surface area contributed by atoms with Gasteiger partial charge in [0, 0.05) is 16.0 Å². The Bertz CT molecular complexity index is 927. The van der Waals surface area contributed by atoms with E-state index >= 15 is 0 Å². The van der Waals surface area contributed by atoms with Crippen molar-refractivity contribution in [2.75, 3.05) is 12.3 Å². The van der Waals surface area contributed by atoms with Crippen LogP contribution in [0.5, 0.6) is 5.75 Å². The molecule has 0 saturated carbocycles. The van der Waals surface area contributed by atoms with Crippen molar-refractivity contribution in [1.82, 2.24) is 4.98 Å². The SMILES string of the molecule is CCOC(=O)c1cc(-c2csc(N)n2)ccc1OCc1cccc(Cl)c1. The molecule has 0 amide bonds. The van der Waals surface area contributed by atoms with Crippen LogP contribution in [0, 0.1) is 0 Å². The lowest BCUT2D eigenvalue weighted by molar-refractivity contribution is 0.0521. The minimum Gasteiger partial charge on any atom is -0.488 e. The fraction of sp³-hybridized carbons (Fsp3) is 0.158. The Morgan fingerprint density at radius 1 is 1.27 bits per heavy atom. The average molecular weight is 389 g/mol. The van der Waals surface area contributed by atoms with Crippen LogP contribution in [0.25, 0.3) is 11.3 Å². The molecule has 0 saturated heterocycles. The van der Waals surface area contributed by atoms with Gasteiger partial charge in [0.25, 0.3) is 0 Å². The first-order valence-electron chi connectivity index (χ1n) is 7.96. The first kappa shape index (κ1) is 18.2. The molecule has 0 aliphatic carbocycles. The van der Waals surface area contributed by atoms with E-state index in [4.69, 9.17) is 26.8 Å². The summed E-state index contributed by atoms with van der Waals surface area (Å²) in [5.41, 5.74) is 8.43. The molecule has 3 aromatic rings. The smallest absolute Gasteiger partial charge is 0.341 e. The second-order valence-corrected chi connectivity index (χ2v) is 6.75. The maximum atomic E-state index is 12.4. The molecule has 7 heteroatoms. The molecule has 1 heterocycles. The number of nitrogens with zero attached hydrogens (tertiary/aromatic N) is 1. The number of hydrogen-bond acceptors (Lipinski definition) is 6. The van der Waals surface area contributed by atoms with E-state index < -0.39 is 5.97 Å². The molecule has 3 rings (SSSR count). The number of esters is 1. The van der Waals surface area contributed by atoms with Crippen LogP contribution in [0.15, 0.2) is 47.8 Å². The highest BCUT2D eigenvalue weighted by atomic mass is 35.5. The molecule has 0 aliphatic rings. The third-order valence-corrected chi connectivity index (χ3v) is 4.48. The first-order valence-corrected chi connectivity index (χ1v) is 9.22. The van der Waals surface area contributed by atoms with Gasteiger partial charge in [-0.15, -0.1) is 11.3 Å². The summed E-state index contributed by atoms with van der Waals surface area (Å²) in [5.74, 6) is -0.00553. The summed E-state index contributed by atoms with van der Waals surface area (Å²) >= 11 is 7.34. The van der Waals surface area contributed by atoms with Crippen LogP contribution in [-0.4, -0.2) is 17.6 Å². The Hall–Kier alpha value is -2.57. The number of rotatable bonds is 6. The van der Waals surface area contributed by atoms with Crippen molar-refractivity contribution >= 4 is 34.0 Å². The summed E-state index contributed by atoms with van der Waals surface area (Å²) in [5, 5.41) is 2.94. The Labute approximate surface area is 160 Å². The molecule has 134 valence electrons. The molecule has 0 unspecified atom stereocenters. The second-order valence-electron chi connectivity index (χ2n) is 5.42. The van der Waals surface area contributed by atoms with E-state index in [9.17, 15) is 4.79 Å². The zero-order valence-corrected chi connectivity index (χ0v) is 15.6. The van der Waals surface area contributed by atoms with E-state index in [1.54, 1.807) is 25.1 Å². The van der Waals surface area contributed by atoms with E-state index in [0.717, 1.165) is 11.1 Å². The van der Waals surface area contributed by atoms with E-state index in [-0.39, 0.29) is 13.2 Å². The number of thiazole rings is 1. The third kappa shape index (κ3) is 4.33. The Morgan fingerprint density at radius 2 is 2.12 bits per heavy atom. The van der Waals surface area contributed by atoms with Crippen molar-refractivity contribution in [2.24, 2.45) is 0 Å². The molecular weight excluding hydrogens is 372 g/mol. The van der Waals surface area contributed by atoms with Gasteiger partial charge in [-0.1, -0.05) is 23.7 Å². The molecule has 2 aromatic carbocycles. The molecule has 26 heavy (non-hydrogen) atoms. The monoisotopic (exact) mass is 388 g/mol. The van der Waals surface area contributed by atoms with Crippen LogP contribution in [0.3, 0.4) is 0 Å². The van der Waals surface area contributed by atoms with Crippen LogP contribution >= 0.6 is 22.9 Å². The summed E-state index contributed by atoms with van der Waals surface area (Å²) in [6.45, 7) is 2.33. The molecule has 2 N–H and O–H groups in total. The lowest BCUT2D eigenvalue weighted by Crippen LogP contribution is -2.08.